The molecule has 5 aliphatic heterocycles. The van der Waals surface area contributed by atoms with Crippen LogP contribution in [0.25, 0.3) is 0 Å². The van der Waals surface area contributed by atoms with Gasteiger partial charge in [0.25, 0.3) is 0 Å². The molecule has 5 atom stereocenters. The van der Waals surface area contributed by atoms with Gasteiger partial charge in [-0.15, -0.1) is 0 Å². The van der Waals surface area contributed by atoms with Gasteiger partial charge in [-0.25, -0.2) is 15.0 Å². The fourth-order valence-corrected chi connectivity index (χ4v) is 10.1. The Morgan fingerprint density at radius 3 is 2.17 bits per heavy atom. The van der Waals surface area contributed by atoms with Gasteiger partial charge in [-0.2, -0.15) is 0 Å². The van der Waals surface area contributed by atoms with Crippen molar-refractivity contribution in [2.45, 2.75) is 146 Å². The van der Waals surface area contributed by atoms with Crippen LogP contribution in [0.1, 0.15) is 146 Å². The first kappa shape index (κ1) is 48.3. The predicted octanol–water partition coefficient (Wildman–Crippen LogP) is 12.0. The minimum atomic E-state index is -1.21. The minimum Gasteiger partial charge on any atom is -0.515 e. The third-order valence-electron chi connectivity index (χ3n) is 14.2. The molecule has 64 heavy (non-hydrogen) atoms. The molecule has 1 aliphatic carbocycles. The van der Waals surface area contributed by atoms with E-state index in [4.69, 9.17) is 24.5 Å². The van der Waals surface area contributed by atoms with Crippen LogP contribution >= 0.6 is 0 Å². The van der Waals surface area contributed by atoms with E-state index in [0.717, 1.165) is 71.2 Å². The van der Waals surface area contributed by atoms with Gasteiger partial charge in [-0.1, -0.05) is 92.1 Å². The number of aliphatic hydroxyl groups is 1. The van der Waals surface area contributed by atoms with E-state index in [1.165, 1.54) is 57.6 Å². The number of allylic oxidation sites excluding steroid dienone is 12. The second-order valence-corrected chi connectivity index (χ2v) is 19.4. The van der Waals surface area contributed by atoms with Crippen LogP contribution in [0.3, 0.4) is 0 Å². The summed E-state index contributed by atoms with van der Waals surface area (Å²) in [5.74, 6) is -0.697. The van der Waals surface area contributed by atoms with Crippen LogP contribution in [-0.2, 0) is 23.9 Å². The summed E-state index contributed by atoms with van der Waals surface area (Å²) in [5, 5.41) is 14.0. The molecule has 1 saturated heterocycles. The molecule has 2 N–H and O–H groups in total. The van der Waals surface area contributed by atoms with Crippen LogP contribution in [0.15, 0.2) is 119 Å². The number of methoxy groups -OCH3 is 1. The van der Waals surface area contributed by atoms with Gasteiger partial charge in [-0.3, -0.25) is 14.4 Å². The number of fused-ring (bicyclic) bond motifs is 5. The van der Waals surface area contributed by atoms with Gasteiger partial charge in [0.1, 0.15) is 12.5 Å². The van der Waals surface area contributed by atoms with Gasteiger partial charge in [0.2, 0.25) is 0 Å². The molecule has 10 heteroatoms. The van der Waals surface area contributed by atoms with Crippen LogP contribution in [0.2, 0.25) is 0 Å². The molecular formula is C54H72N4O6. The van der Waals surface area contributed by atoms with Crippen LogP contribution in [0, 0.1) is 35.5 Å². The zero-order valence-corrected chi connectivity index (χ0v) is 40.4. The number of nitrogens with one attached hydrogen (secondary N) is 1. The molecule has 344 valence electrons. The standard InChI is InChI=1S/C54H72N4O6/c1-12-38-34(7)42-27-46-40(29-59)36(9)41(56-46)26-43-35(8)39(51(57-43)49-50(54(62)63-11)53(61)48-37(10)44(58-52(48)49)28-45(38)55-42)22-23-47(60)64-25-24-33(6)21-15-20-32(5)19-14-18-31(4)17-13-16-30(2)3/h24,26-32,35,39,50,57,59H,12-23,25H2,1-11H3/b33-24+,40-29+,42-27?,43-26?,44-28?,51-49?/t31-,32-,35+,39+,50-/m1/s1/i59+2. The van der Waals surface area contributed by atoms with Crippen molar-refractivity contribution in [2.24, 2.45) is 50.5 Å². The van der Waals surface area contributed by atoms with E-state index in [2.05, 4.69) is 53.8 Å². The number of hydrogen-bond acceptors (Lipinski definition) is 10. The summed E-state index contributed by atoms with van der Waals surface area (Å²) in [6.45, 7) is 21.7. The largest absolute Gasteiger partial charge is 0.515 e. The summed E-state index contributed by atoms with van der Waals surface area (Å²) in [5.41, 5.74) is 11.5. The average molecular weight is 875 g/mol. The lowest BCUT2D eigenvalue weighted by molar-refractivity contribution is -0.146. The van der Waals surface area contributed by atoms with Crippen LogP contribution in [-0.4, -0.2) is 53.7 Å². The topological polar surface area (TPSA) is 139 Å². The van der Waals surface area contributed by atoms with Gasteiger partial charge in [0.05, 0.1) is 47.6 Å². The Kier molecular flexibility index (Phi) is 16.0. The summed E-state index contributed by atoms with van der Waals surface area (Å²) in [7, 11) is 1.29. The van der Waals surface area contributed by atoms with Crippen molar-refractivity contribution < 1.29 is 29.0 Å². The lowest BCUT2D eigenvalue weighted by atomic mass is 9.85. The second-order valence-electron chi connectivity index (χ2n) is 19.4. The molecule has 6 rings (SSSR count). The maximum Gasteiger partial charge on any atom is 0.321 e. The first-order chi connectivity index (χ1) is 30.6. The van der Waals surface area contributed by atoms with E-state index in [-0.39, 0.29) is 36.6 Å². The fraction of sp³-hybridized carbons (Fsp3) is 0.556. The van der Waals surface area contributed by atoms with Crippen molar-refractivity contribution in [2.75, 3.05) is 13.7 Å². The Morgan fingerprint density at radius 1 is 0.859 bits per heavy atom. The molecule has 2 fully saturated rings. The Labute approximate surface area is 382 Å². The fourth-order valence-electron chi connectivity index (χ4n) is 10.1. The smallest absolute Gasteiger partial charge is 0.321 e. The van der Waals surface area contributed by atoms with Crippen molar-refractivity contribution in [1.29, 1.82) is 0 Å². The van der Waals surface area contributed by atoms with Gasteiger partial charge in [-0.05, 0) is 118 Å². The van der Waals surface area contributed by atoms with Crippen LogP contribution in [0.5, 0.6) is 0 Å². The summed E-state index contributed by atoms with van der Waals surface area (Å²) in [6.07, 6.45) is 21.4. The second kappa shape index (κ2) is 21.2. The summed E-state index contributed by atoms with van der Waals surface area (Å²) in [4.78, 5) is 56.4. The minimum absolute atomic E-state index is 0.137. The molecule has 10 nitrogen and oxygen atoms in total. The number of nitrogens with zero attached hydrogens (tertiary/aromatic N) is 3. The third kappa shape index (κ3) is 10.5. The van der Waals surface area contributed by atoms with Gasteiger partial charge in [0, 0.05) is 46.4 Å². The highest BCUT2D eigenvalue weighted by atomic mass is 18.2. The number of hydrogen-bond donors (Lipinski definition) is 2. The quantitative estimate of drug-likeness (QED) is 0.0433. The molecule has 0 aromatic carbocycles. The van der Waals surface area contributed by atoms with Crippen molar-refractivity contribution >= 4 is 34.9 Å². The van der Waals surface area contributed by atoms with Gasteiger partial charge in [0.15, 0.2) is 5.78 Å². The van der Waals surface area contributed by atoms with Gasteiger partial charge >= 0.3 is 11.9 Å². The number of Topliss-reactive ketones (excluding diaryl/α,β-unsaturated/α-hetero) is 1. The van der Waals surface area contributed by atoms with Crippen molar-refractivity contribution in [3.8, 4) is 0 Å². The number of carbonyl (C=O) groups is 3. The third-order valence-corrected chi connectivity index (χ3v) is 14.2. The van der Waals surface area contributed by atoms with Crippen molar-refractivity contribution in [3.05, 3.63) is 104 Å². The van der Waals surface area contributed by atoms with Gasteiger partial charge < -0.3 is 19.9 Å². The molecule has 0 unspecified atom stereocenters. The van der Waals surface area contributed by atoms with E-state index in [9.17, 15) is 19.5 Å². The number of aliphatic hydroxyl groups excluding tert-OH is 1. The van der Waals surface area contributed by atoms with Crippen molar-refractivity contribution in [1.82, 2.24) is 5.32 Å². The molecule has 0 spiro atoms. The lowest BCUT2D eigenvalue weighted by Gasteiger charge is -2.19. The van der Waals surface area contributed by atoms with Crippen LogP contribution < -0.4 is 5.32 Å². The number of rotatable bonds is 19. The summed E-state index contributed by atoms with van der Waals surface area (Å²) in [6, 6.07) is 0. The van der Waals surface area contributed by atoms with E-state index in [0.29, 0.717) is 63.1 Å². The average Bonchev–Trinajstić information content (AvgIpc) is 3.99. The zero-order valence-electron chi connectivity index (χ0n) is 40.4. The number of aliphatic imine (C=N–C) groups is 3. The molecular weight excluding hydrogens is 803 g/mol. The first-order valence-electron chi connectivity index (χ1n) is 23.9. The van der Waals surface area contributed by atoms with E-state index in [1.54, 1.807) is 0 Å². The Morgan fingerprint density at radius 2 is 1.52 bits per heavy atom. The maximum atomic E-state index is 14.4. The molecule has 1 saturated carbocycles. The zero-order chi connectivity index (χ0) is 46.4. The Bertz CT molecular complexity index is 2300. The molecule has 6 aliphatic rings. The number of esters is 2. The Balaban J connectivity index is 1.20. The highest BCUT2D eigenvalue weighted by Gasteiger charge is 2.52. The predicted molar refractivity (Wildman–Crippen MR) is 258 cm³/mol. The first-order valence-corrected chi connectivity index (χ1v) is 23.9. The molecule has 0 aromatic rings. The van der Waals surface area contributed by atoms with E-state index in [1.807, 2.05) is 45.1 Å². The molecule has 0 aromatic heterocycles. The number of ether oxygens (including phenoxy) is 2. The summed E-state index contributed by atoms with van der Waals surface area (Å²) >= 11 is 0. The Hall–Kier alpha value is -5.12. The number of carbonyl (C=O) groups excluding carboxylic acids is 3. The highest BCUT2D eigenvalue weighted by Crippen LogP contribution is 2.47. The molecule has 8 bridgehead atoms. The molecule has 0 amide bonds. The summed E-state index contributed by atoms with van der Waals surface area (Å²) < 4.78 is 11.0. The van der Waals surface area contributed by atoms with E-state index >= 15 is 0 Å². The molecule has 5 heterocycles. The maximum absolute atomic E-state index is 14.4. The monoisotopic (exact) mass is 875 g/mol. The highest BCUT2D eigenvalue weighted by molar-refractivity contribution is 6.42. The van der Waals surface area contributed by atoms with Crippen molar-refractivity contribution in [3.63, 3.8) is 0 Å². The van der Waals surface area contributed by atoms with Crippen LogP contribution in [0.4, 0.5) is 0 Å². The van der Waals surface area contributed by atoms with E-state index < -0.39 is 11.9 Å². The molecule has 0 radical (unpaired) electrons. The SMILES string of the molecule is CCC1=C(C)C2=CC3=NC(=C(C)/C3=C\[18OH])C=C3NC(=C4C5=NC(=CC1=N2)C(C)=C5C(=O)[C@@H]4C(=O)OC)[C@@H](CCC(=O)OC/C=C(\C)CCC[C@H](C)CCC[C@H](C)CCCC(C)C)[C@@H]3C. The number of ketones is 1. The lowest BCUT2D eigenvalue weighted by Crippen LogP contribution is -2.26. The normalized spacial score (nSPS) is 23.4.